The Bertz CT molecular complexity index is 725. The summed E-state index contributed by atoms with van der Waals surface area (Å²) >= 11 is 0. The number of rotatable bonds is 3. The van der Waals surface area contributed by atoms with Gasteiger partial charge in [0, 0.05) is 11.7 Å². The van der Waals surface area contributed by atoms with Crippen molar-refractivity contribution < 1.29 is 4.79 Å². The van der Waals surface area contributed by atoms with Crippen LogP contribution in [0.4, 0.5) is 0 Å². The van der Waals surface area contributed by atoms with Crippen LogP contribution >= 0.6 is 0 Å². The summed E-state index contributed by atoms with van der Waals surface area (Å²) in [5.74, 6) is -0.274. The first-order chi connectivity index (χ1) is 10.6. The van der Waals surface area contributed by atoms with Crippen LogP contribution in [0.3, 0.4) is 0 Å². The highest BCUT2D eigenvalue weighted by atomic mass is 16.2. The second-order valence-corrected chi connectivity index (χ2v) is 5.94. The third kappa shape index (κ3) is 3.11. The number of benzene rings is 1. The Hall–Kier alpha value is -2.36. The van der Waals surface area contributed by atoms with E-state index in [0.717, 1.165) is 36.9 Å². The minimum Gasteiger partial charge on any atom is -0.349 e. The quantitative estimate of drug-likeness (QED) is 0.914. The third-order valence-corrected chi connectivity index (χ3v) is 4.21. The van der Waals surface area contributed by atoms with Gasteiger partial charge in [-0.15, -0.1) is 0 Å². The number of H-pyrrole nitrogens is 1. The molecular formula is C18H20N2O2. The minimum absolute atomic E-state index is 0.183. The molecule has 4 nitrogen and oxygen atoms in total. The molecule has 4 heteroatoms. The number of nitrogens with one attached hydrogen (secondary N) is 2. The third-order valence-electron chi connectivity index (χ3n) is 4.21. The molecule has 114 valence electrons. The van der Waals surface area contributed by atoms with Crippen molar-refractivity contribution in [3.8, 4) is 11.3 Å². The van der Waals surface area contributed by atoms with Crippen molar-refractivity contribution in [3.63, 3.8) is 0 Å². The van der Waals surface area contributed by atoms with Gasteiger partial charge in [-0.1, -0.05) is 42.7 Å². The lowest BCUT2D eigenvalue weighted by Crippen LogP contribution is -2.36. The van der Waals surface area contributed by atoms with Gasteiger partial charge in [-0.2, -0.15) is 0 Å². The molecule has 1 saturated carbocycles. The molecule has 0 unspecified atom stereocenters. The van der Waals surface area contributed by atoms with Crippen LogP contribution in [0, 0.1) is 6.92 Å². The molecule has 22 heavy (non-hydrogen) atoms. The highest BCUT2D eigenvalue weighted by molar-refractivity contribution is 5.94. The van der Waals surface area contributed by atoms with Gasteiger partial charge in [-0.05, 0) is 37.5 Å². The van der Waals surface area contributed by atoms with E-state index in [1.165, 1.54) is 5.56 Å². The van der Waals surface area contributed by atoms with E-state index in [1.54, 1.807) is 12.1 Å². The maximum atomic E-state index is 12.2. The van der Waals surface area contributed by atoms with Crippen LogP contribution in [0.2, 0.25) is 0 Å². The lowest BCUT2D eigenvalue weighted by Gasteiger charge is -2.11. The van der Waals surface area contributed by atoms with Crippen molar-refractivity contribution in [2.24, 2.45) is 0 Å². The van der Waals surface area contributed by atoms with Crippen LogP contribution in [0.1, 0.15) is 41.6 Å². The normalized spacial score (nSPS) is 15.0. The maximum Gasteiger partial charge on any atom is 0.261 e. The average molecular weight is 296 g/mol. The van der Waals surface area contributed by atoms with Crippen LogP contribution in [-0.4, -0.2) is 16.9 Å². The van der Waals surface area contributed by atoms with E-state index in [0.29, 0.717) is 0 Å². The van der Waals surface area contributed by atoms with Gasteiger partial charge in [0.25, 0.3) is 11.5 Å². The summed E-state index contributed by atoms with van der Waals surface area (Å²) in [4.78, 5) is 27.2. The lowest BCUT2D eigenvalue weighted by atomic mass is 10.1. The summed E-state index contributed by atoms with van der Waals surface area (Å²) in [6.45, 7) is 2.02. The van der Waals surface area contributed by atoms with E-state index in [4.69, 9.17) is 0 Å². The first-order valence-electron chi connectivity index (χ1n) is 7.75. The number of hydrogen-bond acceptors (Lipinski definition) is 2. The zero-order valence-electron chi connectivity index (χ0n) is 12.7. The Labute approximate surface area is 129 Å². The van der Waals surface area contributed by atoms with Gasteiger partial charge in [-0.25, -0.2) is 0 Å². The molecule has 0 spiro atoms. The Morgan fingerprint density at radius 3 is 2.41 bits per heavy atom. The molecule has 1 aliphatic rings. The molecule has 2 aromatic rings. The monoisotopic (exact) mass is 296 g/mol. The molecule has 1 aliphatic carbocycles. The van der Waals surface area contributed by atoms with Gasteiger partial charge < -0.3 is 10.3 Å². The number of aromatic amines is 1. The number of hydrogen-bond donors (Lipinski definition) is 2. The smallest absolute Gasteiger partial charge is 0.261 e. The summed E-state index contributed by atoms with van der Waals surface area (Å²) in [6, 6.07) is 11.5. The van der Waals surface area contributed by atoms with Crippen molar-refractivity contribution in [1.82, 2.24) is 10.3 Å². The van der Waals surface area contributed by atoms with Crippen molar-refractivity contribution in [2.75, 3.05) is 0 Å². The van der Waals surface area contributed by atoms with Crippen molar-refractivity contribution in [2.45, 2.75) is 38.6 Å². The summed E-state index contributed by atoms with van der Waals surface area (Å²) < 4.78 is 0. The number of pyridine rings is 1. The number of carbonyl (C=O) groups is 1. The van der Waals surface area contributed by atoms with Crippen LogP contribution in [0.15, 0.2) is 41.2 Å². The van der Waals surface area contributed by atoms with E-state index in [9.17, 15) is 9.59 Å². The Morgan fingerprint density at radius 1 is 1.09 bits per heavy atom. The van der Waals surface area contributed by atoms with E-state index in [-0.39, 0.29) is 23.1 Å². The highest BCUT2D eigenvalue weighted by Crippen LogP contribution is 2.19. The van der Waals surface area contributed by atoms with Crippen molar-refractivity contribution in [3.05, 3.63) is 57.9 Å². The maximum absolute atomic E-state index is 12.2. The summed E-state index contributed by atoms with van der Waals surface area (Å²) in [5.41, 5.74) is 2.67. The van der Waals surface area contributed by atoms with Gasteiger partial charge in [0.05, 0.1) is 0 Å². The first-order valence-corrected chi connectivity index (χ1v) is 7.75. The molecule has 0 atom stereocenters. The molecule has 0 bridgehead atoms. The molecule has 0 aliphatic heterocycles. The molecule has 3 rings (SSSR count). The van der Waals surface area contributed by atoms with Crippen molar-refractivity contribution in [1.29, 1.82) is 0 Å². The number of carbonyl (C=O) groups excluding carboxylic acids is 1. The van der Waals surface area contributed by atoms with Crippen LogP contribution < -0.4 is 10.9 Å². The molecule has 1 aromatic heterocycles. The average Bonchev–Trinajstić information content (AvgIpc) is 3.00. The topological polar surface area (TPSA) is 62.0 Å². The SMILES string of the molecule is Cc1ccc(-c2ccc(C(=O)NC3CCCC3)c(=O)[nH]2)cc1. The Balaban J connectivity index is 1.81. The van der Waals surface area contributed by atoms with Crippen LogP contribution in [-0.2, 0) is 0 Å². The second kappa shape index (κ2) is 6.18. The van der Waals surface area contributed by atoms with E-state index in [1.807, 2.05) is 31.2 Å². The molecule has 1 aromatic carbocycles. The van der Waals surface area contributed by atoms with Gasteiger partial charge in [0.1, 0.15) is 5.56 Å². The molecular weight excluding hydrogens is 276 g/mol. The molecule has 1 amide bonds. The largest absolute Gasteiger partial charge is 0.349 e. The fourth-order valence-electron chi connectivity index (χ4n) is 2.89. The van der Waals surface area contributed by atoms with Crippen molar-refractivity contribution >= 4 is 5.91 Å². The van der Waals surface area contributed by atoms with Gasteiger partial charge >= 0.3 is 0 Å². The fourth-order valence-corrected chi connectivity index (χ4v) is 2.89. The first kappa shape index (κ1) is 14.6. The number of amides is 1. The zero-order chi connectivity index (χ0) is 15.5. The lowest BCUT2D eigenvalue weighted by molar-refractivity contribution is 0.0936. The predicted molar refractivity (Wildman–Crippen MR) is 87.0 cm³/mol. The molecule has 2 N–H and O–H groups in total. The van der Waals surface area contributed by atoms with Gasteiger partial charge in [0.2, 0.25) is 0 Å². The van der Waals surface area contributed by atoms with E-state index >= 15 is 0 Å². The Morgan fingerprint density at radius 2 is 1.77 bits per heavy atom. The van der Waals surface area contributed by atoms with Gasteiger partial charge in [0.15, 0.2) is 0 Å². The summed E-state index contributed by atoms with van der Waals surface area (Å²) in [6.07, 6.45) is 4.30. The molecule has 1 heterocycles. The van der Waals surface area contributed by atoms with Gasteiger partial charge in [-0.3, -0.25) is 9.59 Å². The van der Waals surface area contributed by atoms with E-state index < -0.39 is 0 Å². The second-order valence-electron chi connectivity index (χ2n) is 5.94. The zero-order valence-corrected chi connectivity index (χ0v) is 12.7. The fraction of sp³-hybridized carbons (Fsp3) is 0.333. The van der Waals surface area contributed by atoms with Crippen LogP contribution in [0.25, 0.3) is 11.3 Å². The summed E-state index contributed by atoms with van der Waals surface area (Å²) in [5, 5.41) is 2.94. The van der Waals surface area contributed by atoms with E-state index in [2.05, 4.69) is 10.3 Å². The molecule has 1 fully saturated rings. The minimum atomic E-state index is -0.339. The molecule has 0 radical (unpaired) electrons. The Kier molecular flexibility index (Phi) is 4.09. The summed E-state index contributed by atoms with van der Waals surface area (Å²) in [7, 11) is 0. The standard InChI is InChI=1S/C18H20N2O2/c1-12-6-8-13(9-7-12)16-11-10-15(18(22)20-16)17(21)19-14-4-2-3-5-14/h6-11,14H,2-5H2,1H3,(H,19,21)(H,20,22). The highest BCUT2D eigenvalue weighted by Gasteiger charge is 2.19. The molecule has 0 saturated heterocycles. The number of aryl methyl sites for hydroxylation is 1. The number of aromatic nitrogens is 1. The predicted octanol–water partition coefficient (Wildman–Crippen LogP) is 3.02. The van der Waals surface area contributed by atoms with Crippen LogP contribution in [0.5, 0.6) is 0 Å².